The zero-order chi connectivity index (χ0) is 14.6. The Morgan fingerprint density at radius 1 is 1.20 bits per heavy atom. The smallest absolute Gasteiger partial charge is 0.220 e. The van der Waals surface area contributed by atoms with Gasteiger partial charge in [0.05, 0.1) is 0 Å². The number of rotatable bonds is 10. The molecule has 0 heterocycles. The fourth-order valence-corrected chi connectivity index (χ4v) is 2.65. The fourth-order valence-electron chi connectivity index (χ4n) is 2.65. The molecule has 118 valence electrons. The van der Waals surface area contributed by atoms with Crippen LogP contribution in [0.25, 0.3) is 0 Å². The Hall–Kier alpha value is -0.610. The van der Waals surface area contributed by atoms with Crippen molar-refractivity contribution < 1.29 is 9.53 Å². The van der Waals surface area contributed by atoms with Crippen molar-refractivity contribution in [3.05, 3.63) is 0 Å². The maximum absolute atomic E-state index is 11.7. The number of ether oxygens (including phenoxy) is 1. The third-order valence-corrected chi connectivity index (χ3v) is 4.10. The molecule has 0 spiro atoms. The molecule has 1 aliphatic carbocycles. The maximum atomic E-state index is 11.7. The van der Waals surface area contributed by atoms with E-state index in [0.717, 1.165) is 51.9 Å². The molecule has 4 nitrogen and oxygen atoms in total. The highest BCUT2D eigenvalue weighted by Crippen LogP contribution is 2.26. The van der Waals surface area contributed by atoms with E-state index in [1.54, 1.807) is 0 Å². The molecule has 0 aliphatic heterocycles. The van der Waals surface area contributed by atoms with Gasteiger partial charge >= 0.3 is 0 Å². The van der Waals surface area contributed by atoms with Crippen LogP contribution in [-0.2, 0) is 9.53 Å². The van der Waals surface area contributed by atoms with Gasteiger partial charge in [-0.15, -0.1) is 0 Å². The Labute approximate surface area is 123 Å². The topological polar surface area (TPSA) is 64.3 Å². The summed E-state index contributed by atoms with van der Waals surface area (Å²) in [5, 5.41) is 2.98. The molecular formula is C16H32N2O2. The van der Waals surface area contributed by atoms with E-state index >= 15 is 0 Å². The Morgan fingerprint density at radius 3 is 2.60 bits per heavy atom. The average Bonchev–Trinajstić information content (AvgIpc) is 2.46. The quantitative estimate of drug-likeness (QED) is 0.606. The summed E-state index contributed by atoms with van der Waals surface area (Å²) in [5.41, 5.74) is 5.89. The first-order chi connectivity index (χ1) is 9.72. The normalized spacial score (nSPS) is 22.7. The standard InChI is InChI=1S/C16H32N2O2/c1-2-3-12-20-13-4-11-18-16(19)10-7-14-5-8-15(17)9-6-14/h14-15H,2-13,17H2,1H3,(H,18,19). The Bertz CT molecular complexity index is 251. The molecule has 0 saturated heterocycles. The van der Waals surface area contributed by atoms with Crippen LogP contribution in [0.4, 0.5) is 0 Å². The van der Waals surface area contributed by atoms with E-state index < -0.39 is 0 Å². The van der Waals surface area contributed by atoms with Crippen LogP contribution in [0, 0.1) is 5.92 Å². The number of carbonyl (C=O) groups excluding carboxylic acids is 1. The summed E-state index contributed by atoms with van der Waals surface area (Å²) in [6.07, 6.45) is 9.53. The van der Waals surface area contributed by atoms with Gasteiger partial charge in [0, 0.05) is 32.2 Å². The summed E-state index contributed by atoms with van der Waals surface area (Å²) in [4.78, 5) is 11.7. The number of hydrogen-bond donors (Lipinski definition) is 2. The van der Waals surface area contributed by atoms with Crippen LogP contribution >= 0.6 is 0 Å². The fraction of sp³-hybridized carbons (Fsp3) is 0.938. The van der Waals surface area contributed by atoms with Crippen molar-refractivity contribution in [3.63, 3.8) is 0 Å². The van der Waals surface area contributed by atoms with Crippen LogP contribution in [-0.4, -0.2) is 31.7 Å². The highest BCUT2D eigenvalue weighted by molar-refractivity contribution is 5.75. The van der Waals surface area contributed by atoms with Crippen molar-refractivity contribution in [1.29, 1.82) is 0 Å². The van der Waals surface area contributed by atoms with Gasteiger partial charge < -0.3 is 15.8 Å². The maximum Gasteiger partial charge on any atom is 0.220 e. The van der Waals surface area contributed by atoms with Crippen LogP contribution in [0.2, 0.25) is 0 Å². The van der Waals surface area contributed by atoms with Gasteiger partial charge in [0.1, 0.15) is 0 Å². The number of amides is 1. The highest BCUT2D eigenvalue weighted by Gasteiger charge is 2.18. The van der Waals surface area contributed by atoms with Gasteiger partial charge in [0.25, 0.3) is 0 Å². The Kier molecular flexibility index (Phi) is 9.67. The van der Waals surface area contributed by atoms with Gasteiger partial charge in [-0.3, -0.25) is 4.79 Å². The molecule has 1 aliphatic rings. The summed E-state index contributed by atoms with van der Waals surface area (Å²) in [5.74, 6) is 0.895. The molecule has 0 radical (unpaired) electrons. The molecule has 1 rings (SSSR count). The lowest BCUT2D eigenvalue weighted by Gasteiger charge is -2.25. The molecule has 0 atom stereocenters. The SMILES string of the molecule is CCCCOCCCNC(=O)CCC1CCC(N)CC1. The lowest BCUT2D eigenvalue weighted by Crippen LogP contribution is -2.28. The minimum Gasteiger partial charge on any atom is -0.381 e. The van der Waals surface area contributed by atoms with Gasteiger partial charge in [0.2, 0.25) is 5.91 Å². The minimum atomic E-state index is 0.188. The first-order valence-corrected chi connectivity index (χ1v) is 8.32. The number of hydrogen-bond acceptors (Lipinski definition) is 3. The van der Waals surface area contributed by atoms with Crippen LogP contribution in [0.1, 0.15) is 64.7 Å². The molecule has 0 bridgehead atoms. The van der Waals surface area contributed by atoms with Gasteiger partial charge in [-0.25, -0.2) is 0 Å². The largest absolute Gasteiger partial charge is 0.381 e. The molecule has 4 heteroatoms. The van der Waals surface area contributed by atoms with E-state index in [0.29, 0.717) is 18.4 Å². The van der Waals surface area contributed by atoms with Crippen LogP contribution in [0.3, 0.4) is 0 Å². The first kappa shape index (κ1) is 17.4. The third-order valence-electron chi connectivity index (χ3n) is 4.10. The zero-order valence-electron chi connectivity index (χ0n) is 13.0. The van der Waals surface area contributed by atoms with Crippen LogP contribution < -0.4 is 11.1 Å². The van der Waals surface area contributed by atoms with Gasteiger partial charge in [-0.1, -0.05) is 13.3 Å². The lowest BCUT2D eigenvalue weighted by molar-refractivity contribution is -0.121. The lowest BCUT2D eigenvalue weighted by atomic mass is 9.84. The number of nitrogens with two attached hydrogens (primary N) is 1. The van der Waals surface area contributed by atoms with E-state index in [1.165, 1.54) is 19.3 Å². The molecule has 1 saturated carbocycles. The molecule has 0 aromatic rings. The molecule has 0 aromatic heterocycles. The van der Waals surface area contributed by atoms with Gasteiger partial charge in [-0.05, 0) is 50.9 Å². The molecule has 0 aromatic carbocycles. The summed E-state index contributed by atoms with van der Waals surface area (Å²) < 4.78 is 5.46. The van der Waals surface area contributed by atoms with Crippen molar-refractivity contribution in [2.24, 2.45) is 11.7 Å². The second-order valence-electron chi connectivity index (χ2n) is 5.99. The van der Waals surface area contributed by atoms with Gasteiger partial charge in [-0.2, -0.15) is 0 Å². The molecule has 1 amide bonds. The number of nitrogens with one attached hydrogen (secondary N) is 1. The average molecular weight is 284 g/mol. The summed E-state index contributed by atoms with van der Waals surface area (Å²) in [7, 11) is 0. The van der Waals surface area contributed by atoms with Gasteiger partial charge in [0.15, 0.2) is 0 Å². The second kappa shape index (κ2) is 11.1. The van der Waals surface area contributed by atoms with E-state index in [-0.39, 0.29) is 5.91 Å². The highest BCUT2D eigenvalue weighted by atomic mass is 16.5. The van der Waals surface area contributed by atoms with E-state index in [2.05, 4.69) is 12.2 Å². The van der Waals surface area contributed by atoms with Crippen molar-refractivity contribution in [2.45, 2.75) is 70.8 Å². The molecule has 3 N–H and O–H groups in total. The van der Waals surface area contributed by atoms with E-state index in [4.69, 9.17) is 10.5 Å². The van der Waals surface area contributed by atoms with E-state index in [1.807, 2.05) is 0 Å². The monoisotopic (exact) mass is 284 g/mol. The molecule has 0 unspecified atom stereocenters. The number of unbranched alkanes of at least 4 members (excludes halogenated alkanes) is 1. The number of carbonyl (C=O) groups is 1. The van der Waals surface area contributed by atoms with Crippen LogP contribution in [0.15, 0.2) is 0 Å². The van der Waals surface area contributed by atoms with Crippen molar-refractivity contribution in [3.8, 4) is 0 Å². The van der Waals surface area contributed by atoms with E-state index in [9.17, 15) is 4.79 Å². The summed E-state index contributed by atoms with van der Waals surface area (Å²) in [6.45, 7) is 4.49. The van der Waals surface area contributed by atoms with Crippen LogP contribution in [0.5, 0.6) is 0 Å². The van der Waals surface area contributed by atoms with Crippen molar-refractivity contribution in [2.75, 3.05) is 19.8 Å². The summed E-state index contributed by atoms with van der Waals surface area (Å²) >= 11 is 0. The molecular weight excluding hydrogens is 252 g/mol. The molecule has 1 fully saturated rings. The minimum absolute atomic E-state index is 0.188. The molecule has 20 heavy (non-hydrogen) atoms. The first-order valence-electron chi connectivity index (χ1n) is 8.32. The summed E-state index contributed by atoms with van der Waals surface area (Å²) in [6, 6.07) is 0.396. The Balaban J connectivity index is 1.90. The predicted molar refractivity (Wildman–Crippen MR) is 82.5 cm³/mol. The van der Waals surface area contributed by atoms with Crippen molar-refractivity contribution in [1.82, 2.24) is 5.32 Å². The van der Waals surface area contributed by atoms with Crippen molar-refractivity contribution >= 4 is 5.91 Å². The second-order valence-corrected chi connectivity index (χ2v) is 5.99. The third kappa shape index (κ3) is 8.54. The predicted octanol–water partition coefficient (Wildman–Crippen LogP) is 2.61. The Morgan fingerprint density at radius 2 is 1.90 bits per heavy atom. The zero-order valence-corrected chi connectivity index (χ0v) is 13.0.